The van der Waals surface area contributed by atoms with E-state index in [-0.39, 0.29) is 0 Å². The van der Waals surface area contributed by atoms with E-state index in [1.807, 2.05) is 24.3 Å². The van der Waals surface area contributed by atoms with Crippen molar-refractivity contribution < 1.29 is 22.3 Å². The largest absolute Gasteiger partial charge is 0.573 e. The van der Waals surface area contributed by atoms with Gasteiger partial charge in [0.05, 0.1) is 0 Å². The summed E-state index contributed by atoms with van der Waals surface area (Å²) in [5.41, 5.74) is 2.53. The third kappa shape index (κ3) is 6.23. The standard InChI is InChI=1S/C25H30F4O/c1-3-4-18-5-9-20(10-6-18)17(2)15-19-7-11-21(12-8-19)22-13-14-24(23(26)16-22)30-25(27,28)29/h7-8,11-14,16-18,20H,3-6,9-10,15H2,1-2H3. The van der Waals surface area contributed by atoms with Gasteiger partial charge in [-0.2, -0.15) is 0 Å². The predicted molar refractivity (Wildman–Crippen MR) is 112 cm³/mol. The molecule has 1 fully saturated rings. The van der Waals surface area contributed by atoms with E-state index in [1.165, 1.54) is 50.2 Å². The molecule has 1 unspecified atom stereocenters. The molecule has 0 N–H and O–H groups in total. The molecule has 0 aromatic heterocycles. The van der Waals surface area contributed by atoms with Crippen LogP contribution in [-0.2, 0) is 6.42 Å². The van der Waals surface area contributed by atoms with Crippen molar-refractivity contribution >= 4 is 0 Å². The van der Waals surface area contributed by atoms with E-state index in [1.54, 1.807) is 0 Å². The van der Waals surface area contributed by atoms with Crippen LogP contribution in [-0.4, -0.2) is 6.36 Å². The monoisotopic (exact) mass is 422 g/mol. The number of alkyl halides is 3. The number of benzene rings is 2. The second kappa shape index (κ2) is 9.84. The van der Waals surface area contributed by atoms with Gasteiger partial charge in [-0.1, -0.05) is 69.9 Å². The minimum absolute atomic E-state index is 0.524. The Bertz CT molecular complexity index is 805. The zero-order chi connectivity index (χ0) is 21.7. The molecular formula is C25H30F4O. The van der Waals surface area contributed by atoms with Crippen LogP contribution in [0.25, 0.3) is 11.1 Å². The number of rotatable bonds is 7. The first-order valence-corrected chi connectivity index (χ1v) is 10.9. The Morgan fingerprint density at radius 1 is 0.967 bits per heavy atom. The van der Waals surface area contributed by atoms with E-state index in [4.69, 9.17) is 0 Å². The van der Waals surface area contributed by atoms with Gasteiger partial charge in [-0.3, -0.25) is 0 Å². The van der Waals surface area contributed by atoms with Gasteiger partial charge in [-0.05, 0) is 65.8 Å². The van der Waals surface area contributed by atoms with Crippen LogP contribution in [0.2, 0.25) is 0 Å². The smallest absolute Gasteiger partial charge is 0.403 e. The van der Waals surface area contributed by atoms with Gasteiger partial charge in [0.15, 0.2) is 11.6 Å². The Hall–Kier alpha value is -2.04. The molecule has 1 nitrogen and oxygen atoms in total. The SMILES string of the molecule is CCCC1CCC(C(C)Cc2ccc(-c3ccc(OC(F)(F)F)c(F)c3)cc2)CC1. The molecule has 1 aliphatic rings. The number of halogens is 4. The van der Waals surface area contributed by atoms with Crippen molar-refractivity contribution in [1.29, 1.82) is 0 Å². The number of hydrogen-bond donors (Lipinski definition) is 0. The highest BCUT2D eigenvalue weighted by Gasteiger charge is 2.32. The highest BCUT2D eigenvalue weighted by Crippen LogP contribution is 2.37. The molecule has 0 heterocycles. The van der Waals surface area contributed by atoms with Gasteiger partial charge in [0, 0.05) is 0 Å². The van der Waals surface area contributed by atoms with E-state index in [9.17, 15) is 17.6 Å². The van der Waals surface area contributed by atoms with Crippen molar-refractivity contribution in [3.8, 4) is 16.9 Å². The summed E-state index contributed by atoms with van der Waals surface area (Å²) in [5.74, 6) is 0.459. The van der Waals surface area contributed by atoms with Crippen molar-refractivity contribution in [2.75, 3.05) is 0 Å². The van der Waals surface area contributed by atoms with E-state index in [2.05, 4.69) is 18.6 Å². The predicted octanol–water partition coefficient (Wildman–Crippen LogP) is 8.18. The maximum Gasteiger partial charge on any atom is 0.573 e. The zero-order valence-electron chi connectivity index (χ0n) is 17.6. The lowest BCUT2D eigenvalue weighted by Crippen LogP contribution is -2.21. The van der Waals surface area contributed by atoms with Gasteiger partial charge < -0.3 is 4.74 Å². The Balaban J connectivity index is 1.59. The Morgan fingerprint density at radius 2 is 1.60 bits per heavy atom. The molecule has 0 bridgehead atoms. The van der Waals surface area contributed by atoms with Gasteiger partial charge in [-0.25, -0.2) is 4.39 Å². The molecule has 2 aromatic rings. The molecule has 1 aliphatic carbocycles. The molecule has 0 saturated heterocycles. The third-order valence-electron chi connectivity index (χ3n) is 6.40. The van der Waals surface area contributed by atoms with Crippen LogP contribution in [0, 0.1) is 23.6 Å². The van der Waals surface area contributed by atoms with E-state index < -0.39 is 17.9 Å². The van der Waals surface area contributed by atoms with Crippen molar-refractivity contribution in [3.63, 3.8) is 0 Å². The summed E-state index contributed by atoms with van der Waals surface area (Å²) in [6.07, 6.45) is 4.06. The molecule has 0 aliphatic heterocycles. The molecule has 5 heteroatoms. The molecule has 0 radical (unpaired) electrons. The maximum absolute atomic E-state index is 14.0. The minimum Gasteiger partial charge on any atom is -0.403 e. The van der Waals surface area contributed by atoms with E-state index in [0.717, 1.165) is 36.0 Å². The van der Waals surface area contributed by atoms with Gasteiger partial charge >= 0.3 is 6.36 Å². The highest BCUT2D eigenvalue weighted by molar-refractivity contribution is 5.64. The fourth-order valence-electron chi connectivity index (χ4n) is 4.71. The fraction of sp³-hybridized carbons (Fsp3) is 0.520. The molecule has 1 atom stereocenters. The molecule has 0 spiro atoms. The maximum atomic E-state index is 14.0. The lowest BCUT2D eigenvalue weighted by Gasteiger charge is -2.32. The van der Waals surface area contributed by atoms with Crippen LogP contribution < -0.4 is 4.74 Å². The quantitative estimate of drug-likeness (QED) is 0.409. The number of hydrogen-bond acceptors (Lipinski definition) is 1. The molecule has 1 saturated carbocycles. The van der Waals surface area contributed by atoms with E-state index >= 15 is 0 Å². The summed E-state index contributed by atoms with van der Waals surface area (Å²) < 4.78 is 54.5. The van der Waals surface area contributed by atoms with Crippen LogP contribution in [0.5, 0.6) is 5.75 Å². The summed E-state index contributed by atoms with van der Waals surface area (Å²) in [5, 5.41) is 0. The molecule has 2 aromatic carbocycles. The molecule has 3 rings (SSSR count). The third-order valence-corrected chi connectivity index (χ3v) is 6.40. The Labute approximate surface area is 176 Å². The van der Waals surface area contributed by atoms with Gasteiger partial charge in [0.1, 0.15) is 0 Å². The van der Waals surface area contributed by atoms with Crippen LogP contribution in [0.15, 0.2) is 42.5 Å². The fourth-order valence-corrected chi connectivity index (χ4v) is 4.71. The molecule has 30 heavy (non-hydrogen) atoms. The lowest BCUT2D eigenvalue weighted by molar-refractivity contribution is -0.275. The topological polar surface area (TPSA) is 9.23 Å². The van der Waals surface area contributed by atoms with Crippen LogP contribution in [0.1, 0.15) is 57.9 Å². The highest BCUT2D eigenvalue weighted by atomic mass is 19.4. The van der Waals surface area contributed by atoms with Gasteiger partial charge in [0.2, 0.25) is 0 Å². The summed E-state index contributed by atoms with van der Waals surface area (Å²) >= 11 is 0. The lowest BCUT2D eigenvalue weighted by atomic mass is 9.74. The second-order valence-electron chi connectivity index (χ2n) is 8.64. The van der Waals surface area contributed by atoms with Crippen molar-refractivity contribution in [1.82, 2.24) is 0 Å². The van der Waals surface area contributed by atoms with Crippen molar-refractivity contribution in [3.05, 3.63) is 53.8 Å². The molecular weight excluding hydrogens is 392 g/mol. The zero-order valence-corrected chi connectivity index (χ0v) is 17.6. The normalized spacial score (nSPS) is 20.7. The average Bonchev–Trinajstić information content (AvgIpc) is 2.70. The summed E-state index contributed by atoms with van der Waals surface area (Å²) in [6.45, 7) is 4.59. The first-order valence-electron chi connectivity index (χ1n) is 10.9. The summed E-state index contributed by atoms with van der Waals surface area (Å²) in [4.78, 5) is 0. The van der Waals surface area contributed by atoms with Crippen molar-refractivity contribution in [2.24, 2.45) is 17.8 Å². The van der Waals surface area contributed by atoms with Crippen LogP contribution in [0.3, 0.4) is 0 Å². The average molecular weight is 423 g/mol. The first-order chi connectivity index (χ1) is 14.2. The minimum atomic E-state index is -4.91. The van der Waals surface area contributed by atoms with Crippen molar-refractivity contribution in [2.45, 2.75) is 65.2 Å². The number of ether oxygens (including phenoxy) is 1. The van der Waals surface area contributed by atoms with E-state index in [0.29, 0.717) is 11.5 Å². The summed E-state index contributed by atoms with van der Waals surface area (Å²) in [7, 11) is 0. The van der Waals surface area contributed by atoms with Gasteiger partial charge in [-0.15, -0.1) is 13.2 Å². The molecule has 164 valence electrons. The Morgan fingerprint density at radius 3 is 2.17 bits per heavy atom. The van der Waals surface area contributed by atoms with Gasteiger partial charge in [0.25, 0.3) is 0 Å². The van der Waals surface area contributed by atoms with Crippen LogP contribution >= 0.6 is 0 Å². The van der Waals surface area contributed by atoms with Crippen LogP contribution in [0.4, 0.5) is 17.6 Å². The molecule has 0 amide bonds. The summed E-state index contributed by atoms with van der Waals surface area (Å²) in [6, 6.07) is 11.4. The Kier molecular flexibility index (Phi) is 7.43. The second-order valence-corrected chi connectivity index (χ2v) is 8.64. The first kappa shape index (κ1) is 22.6.